The average Bonchev–Trinajstić information content (AvgIpc) is 4.05. The van der Waals surface area contributed by atoms with E-state index in [-0.39, 0.29) is 41.3 Å². The quantitative estimate of drug-likeness (QED) is 0.0827. The van der Waals surface area contributed by atoms with Crippen molar-refractivity contribution in [3.05, 3.63) is 117 Å². The lowest BCUT2D eigenvalue weighted by Crippen LogP contribution is -2.47. The number of benzene rings is 3. The summed E-state index contributed by atoms with van der Waals surface area (Å²) in [6.07, 6.45) is 4.71. The molecule has 5 aromatic rings. The number of H-pyrrole nitrogens is 1. The molecule has 3 fully saturated rings. The van der Waals surface area contributed by atoms with E-state index in [4.69, 9.17) is 30.8 Å². The van der Waals surface area contributed by atoms with Gasteiger partial charge in [0, 0.05) is 73.5 Å². The Bertz CT molecular complexity index is 2820. The molecule has 346 valence electrons. The van der Waals surface area contributed by atoms with Gasteiger partial charge >= 0.3 is 0 Å². The van der Waals surface area contributed by atoms with Gasteiger partial charge < -0.3 is 34.3 Å². The summed E-state index contributed by atoms with van der Waals surface area (Å²) in [6, 6.07) is 21.0. The van der Waals surface area contributed by atoms with Crippen molar-refractivity contribution in [1.29, 1.82) is 0 Å². The van der Waals surface area contributed by atoms with Crippen LogP contribution in [-0.2, 0) is 24.2 Å². The van der Waals surface area contributed by atoms with Crippen LogP contribution < -0.4 is 19.8 Å². The molecule has 3 saturated heterocycles. The molecule has 4 aliphatic heterocycles. The summed E-state index contributed by atoms with van der Waals surface area (Å²) in [7, 11) is -4.60. The van der Waals surface area contributed by atoms with Gasteiger partial charge in [-0.1, -0.05) is 43.2 Å². The predicted octanol–water partition coefficient (Wildman–Crippen LogP) is 7.49. The highest BCUT2D eigenvalue weighted by Gasteiger charge is 2.46. The number of amides is 1. The van der Waals surface area contributed by atoms with E-state index < -0.39 is 31.4 Å². The number of pyridine rings is 1. The number of hydrogen-bond acceptors (Lipinski definition) is 13. The van der Waals surface area contributed by atoms with E-state index in [1.54, 1.807) is 6.07 Å². The van der Waals surface area contributed by atoms with Crippen LogP contribution >= 0.6 is 11.6 Å². The van der Waals surface area contributed by atoms with Gasteiger partial charge in [-0.2, -0.15) is 0 Å². The molecule has 0 radical (unpaired) electrons. The number of aromatic amines is 1. The zero-order chi connectivity index (χ0) is 45.7. The molecule has 5 aliphatic rings. The minimum Gasteiger partial charge on any atom is -0.378 e. The number of halogens is 1. The Morgan fingerprint density at radius 1 is 0.970 bits per heavy atom. The lowest BCUT2D eigenvalue weighted by molar-refractivity contribution is -0.384. The maximum Gasteiger partial charge on any atom is 0.293 e. The van der Waals surface area contributed by atoms with Gasteiger partial charge in [0.2, 0.25) is 0 Å². The highest BCUT2D eigenvalue weighted by molar-refractivity contribution is 7.90. The van der Waals surface area contributed by atoms with Gasteiger partial charge in [0.1, 0.15) is 11.3 Å². The van der Waals surface area contributed by atoms with Crippen molar-refractivity contribution >= 4 is 72.6 Å². The van der Waals surface area contributed by atoms with Gasteiger partial charge in [0.15, 0.2) is 0 Å². The van der Waals surface area contributed by atoms with Crippen molar-refractivity contribution in [2.75, 3.05) is 87.4 Å². The van der Waals surface area contributed by atoms with Crippen molar-refractivity contribution < 1.29 is 32.3 Å². The fourth-order valence-corrected chi connectivity index (χ4v) is 11.2. The van der Waals surface area contributed by atoms with Crippen LogP contribution in [0.2, 0.25) is 5.02 Å². The molecule has 0 spiro atoms. The molecule has 0 bridgehead atoms. The first-order valence-electron chi connectivity index (χ1n) is 22.5. The van der Waals surface area contributed by atoms with Crippen LogP contribution in [0.15, 0.2) is 89.5 Å². The zero-order valence-corrected chi connectivity index (χ0v) is 38.5. The number of fused-ring (bicyclic) bond motifs is 4. The number of nitrogens with zero attached hydrogens (tertiary/aromatic N) is 5. The van der Waals surface area contributed by atoms with Crippen LogP contribution in [0.4, 0.5) is 28.4 Å². The third-order valence-electron chi connectivity index (χ3n) is 13.7. The number of carbonyl (C=O) groups excluding carboxylic acids is 1. The van der Waals surface area contributed by atoms with Crippen LogP contribution in [0.25, 0.3) is 16.6 Å². The minimum absolute atomic E-state index is 0.0816. The molecule has 3 aromatic carbocycles. The summed E-state index contributed by atoms with van der Waals surface area (Å²) < 4.78 is 47.3. The molecule has 66 heavy (non-hydrogen) atoms. The lowest BCUT2D eigenvalue weighted by atomic mass is 9.72. The van der Waals surface area contributed by atoms with Crippen LogP contribution in [0.3, 0.4) is 0 Å². The van der Waals surface area contributed by atoms with E-state index in [9.17, 15) is 23.3 Å². The number of aromatic nitrogens is 2. The van der Waals surface area contributed by atoms with Crippen LogP contribution in [0, 0.1) is 15.5 Å². The van der Waals surface area contributed by atoms with E-state index in [2.05, 4.69) is 61.8 Å². The molecule has 6 heterocycles. The van der Waals surface area contributed by atoms with Gasteiger partial charge in [-0.25, -0.2) is 18.1 Å². The Morgan fingerprint density at radius 3 is 2.56 bits per heavy atom. The van der Waals surface area contributed by atoms with Crippen molar-refractivity contribution in [2.45, 2.75) is 56.1 Å². The molecule has 2 unspecified atom stereocenters. The van der Waals surface area contributed by atoms with Crippen LogP contribution in [-0.4, -0.2) is 119 Å². The van der Waals surface area contributed by atoms with E-state index in [0.29, 0.717) is 38.7 Å². The Morgan fingerprint density at radius 2 is 1.79 bits per heavy atom. The number of hydrogen-bond donors (Lipinski definition) is 3. The maximum atomic E-state index is 14.5. The van der Waals surface area contributed by atoms with Crippen molar-refractivity contribution in [3.63, 3.8) is 0 Å². The number of piperazine rings is 1. The van der Waals surface area contributed by atoms with Gasteiger partial charge in [-0.15, -0.1) is 0 Å². The third kappa shape index (κ3) is 8.87. The summed E-state index contributed by atoms with van der Waals surface area (Å²) in [4.78, 5) is 40.7. The number of sulfonamides is 1. The molecule has 3 N–H and O–H groups in total. The second-order valence-corrected chi connectivity index (χ2v) is 20.7. The topological polar surface area (TPSA) is 185 Å². The first kappa shape index (κ1) is 44.3. The number of ether oxygens (including phenoxy) is 3. The van der Waals surface area contributed by atoms with Crippen LogP contribution in [0.1, 0.15) is 60.6 Å². The van der Waals surface area contributed by atoms with Crippen molar-refractivity contribution in [1.82, 2.24) is 19.6 Å². The molecule has 2 aromatic heterocycles. The van der Waals surface area contributed by atoms with Gasteiger partial charge in [-0.05, 0) is 90.4 Å². The summed E-state index contributed by atoms with van der Waals surface area (Å²) in [5, 5.41) is 16.8. The second-order valence-electron chi connectivity index (χ2n) is 18.6. The maximum absolute atomic E-state index is 14.5. The van der Waals surface area contributed by atoms with Crippen LogP contribution in [0.5, 0.6) is 0 Å². The van der Waals surface area contributed by atoms with E-state index in [1.165, 1.54) is 28.8 Å². The number of nitro groups is 1. The molecule has 0 saturated carbocycles. The molecule has 1 amide bonds. The van der Waals surface area contributed by atoms with Gasteiger partial charge in [-0.3, -0.25) is 19.8 Å². The summed E-state index contributed by atoms with van der Waals surface area (Å²) >= 11 is 6.28. The number of nitro benzene ring substituents is 1. The molecule has 10 rings (SSSR count). The first-order chi connectivity index (χ1) is 31.8. The highest BCUT2D eigenvalue weighted by Crippen LogP contribution is 2.50. The number of anilines is 4. The normalized spacial score (nSPS) is 22.1. The largest absolute Gasteiger partial charge is 0.378 e. The van der Waals surface area contributed by atoms with Gasteiger partial charge in [0.25, 0.3) is 21.6 Å². The van der Waals surface area contributed by atoms with E-state index in [0.717, 1.165) is 91.2 Å². The first-order valence-corrected chi connectivity index (χ1v) is 24.4. The molecule has 3 atom stereocenters. The number of rotatable bonds is 12. The Kier molecular flexibility index (Phi) is 12.0. The lowest BCUT2D eigenvalue weighted by Gasteiger charge is -2.39. The highest BCUT2D eigenvalue weighted by atomic mass is 35.5. The third-order valence-corrected chi connectivity index (χ3v) is 15.2. The SMILES string of the molecule is CC1(C)CCC(CN2CCN(c3ccc(C(=O)NS(=O)(=O)c4ccc(NC[C@H]5COCCO5)c([N+](=O)[O-])c4)c(N4c5cc6cc[nH]c6nc5C5COCC54)c3)CC2)=C(c2ccc(Cl)cc2)C1. The molecular formula is C48H53ClN8O8S. The second kappa shape index (κ2) is 17.9. The average molecular weight is 938 g/mol. The van der Waals surface area contributed by atoms with Crippen molar-refractivity contribution in [2.24, 2.45) is 5.41 Å². The molecule has 18 heteroatoms. The Labute approximate surface area is 388 Å². The summed E-state index contributed by atoms with van der Waals surface area (Å²) in [5.41, 5.74) is 7.95. The standard InChI is InChI=1S/C48H53ClN8O8S/c1-48(2)13-11-32(38(24-48)30-3-5-33(49)6-4-30)26-54-15-17-55(18-16-54)34-7-9-37(41(22-34)56-43-21-31-12-14-50-46(31)52-45(43)39-28-64-29-44(39)56)47(58)53-66(61,62)36-8-10-40(42(23-36)57(59)60)51-25-35-27-63-19-20-65-35/h3-10,12,14,21-23,35,39,44,51H,11,13,15-20,24-29H2,1-2H3,(H,50,52)(H,53,58)/t35-,39?,44?/m0/s1. The fraction of sp³-hybridized carbons (Fsp3) is 0.417. The monoisotopic (exact) mass is 936 g/mol. The van der Waals surface area contributed by atoms with E-state index >= 15 is 0 Å². The number of allylic oxidation sites excluding steroid dienone is 1. The summed E-state index contributed by atoms with van der Waals surface area (Å²) in [5.74, 6) is -0.956. The molecule has 1 aliphatic carbocycles. The number of carbonyl (C=O) groups is 1. The predicted molar refractivity (Wildman–Crippen MR) is 253 cm³/mol. The fourth-order valence-electron chi connectivity index (χ4n) is 10.1. The Balaban J connectivity index is 0.935. The molecule has 16 nitrogen and oxygen atoms in total. The van der Waals surface area contributed by atoms with Gasteiger partial charge in [0.05, 0.1) is 77.6 Å². The summed E-state index contributed by atoms with van der Waals surface area (Å²) in [6.45, 7) is 11.0. The molecular weight excluding hydrogens is 884 g/mol. The Hall–Kier alpha value is -5.56. The van der Waals surface area contributed by atoms with E-state index in [1.807, 2.05) is 36.5 Å². The zero-order valence-electron chi connectivity index (χ0n) is 36.9. The smallest absolute Gasteiger partial charge is 0.293 e. The van der Waals surface area contributed by atoms with Crippen molar-refractivity contribution in [3.8, 4) is 0 Å². The minimum atomic E-state index is -4.60. The number of nitrogens with one attached hydrogen (secondary N) is 3.